The summed E-state index contributed by atoms with van der Waals surface area (Å²) in [5.41, 5.74) is 4.44. The normalized spacial score (nSPS) is 11.2. The largest absolute Gasteiger partial charge is 0.504 e. The van der Waals surface area contributed by atoms with Crippen LogP contribution in [0.25, 0.3) is 32.7 Å². The van der Waals surface area contributed by atoms with Crippen molar-refractivity contribution in [2.24, 2.45) is 0 Å². The molecule has 0 heterocycles. The quantitative estimate of drug-likeness (QED) is 0.256. The van der Waals surface area contributed by atoms with Gasteiger partial charge in [0.05, 0.1) is 0 Å². The van der Waals surface area contributed by atoms with Crippen LogP contribution in [0, 0.1) is 5.82 Å². The summed E-state index contributed by atoms with van der Waals surface area (Å²) >= 11 is 0. The Bertz CT molecular complexity index is 1720. The zero-order valence-corrected chi connectivity index (χ0v) is 20.2. The van der Waals surface area contributed by atoms with Crippen molar-refractivity contribution in [2.45, 2.75) is 13.0 Å². The minimum absolute atomic E-state index is 0.0183. The molecule has 0 aromatic heterocycles. The lowest BCUT2D eigenvalue weighted by Crippen LogP contribution is -2.00. The maximum Gasteiger partial charge on any atom is 0.166 e. The Morgan fingerprint density at radius 1 is 0.595 bits per heavy atom. The highest BCUT2D eigenvalue weighted by molar-refractivity contribution is 6.09. The zero-order chi connectivity index (χ0) is 25.2. The lowest BCUT2D eigenvalue weighted by atomic mass is 9.87. The number of halogens is 1. The van der Waals surface area contributed by atoms with Crippen molar-refractivity contribution in [2.75, 3.05) is 0 Å². The third kappa shape index (κ3) is 4.41. The Kier molecular flexibility index (Phi) is 6.03. The lowest BCUT2D eigenvalue weighted by molar-refractivity contribution is 0.285. The molecule has 6 rings (SSSR count). The Hall–Kier alpha value is -4.63. The molecule has 2 nitrogen and oxygen atoms in total. The van der Waals surface area contributed by atoms with Gasteiger partial charge in [0.25, 0.3) is 0 Å². The van der Waals surface area contributed by atoms with Gasteiger partial charge in [-0.3, -0.25) is 0 Å². The smallest absolute Gasteiger partial charge is 0.166 e. The molecule has 3 heteroatoms. The van der Waals surface area contributed by atoms with Gasteiger partial charge >= 0.3 is 0 Å². The van der Waals surface area contributed by atoms with Crippen LogP contribution in [-0.4, -0.2) is 5.11 Å². The van der Waals surface area contributed by atoms with Gasteiger partial charge in [-0.15, -0.1) is 0 Å². The number of aromatic hydroxyl groups is 1. The number of ether oxygens (including phenoxy) is 1. The number of phenolic OH excluding ortho intramolecular Hbond substituents is 1. The van der Waals surface area contributed by atoms with Gasteiger partial charge in [0.1, 0.15) is 12.4 Å². The molecule has 0 radical (unpaired) electrons. The van der Waals surface area contributed by atoms with Gasteiger partial charge in [-0.1, -0.05) is 109 Å². The average Bonchev–Trinajstić information content (AvgIpc) is 2.94. The van der Waals surface area contributed by atoms with E-state index in [1.165, 1.54) is 11.6 Å². The summed E-state index contributed by atoms with van der Waals surface area (Å²) in [5, 5.41) is 15.7. The molecule has 0 aliphatic heterocycles. The zero-order valence-electron chi connectivity index (χ0n) is 20.2. The van der Waals surface area contributed by atoms with Crippen LogP contribution in [0.4, 0.5) is 4.39 Å². The van der Waals surface area contributed by atoms with Crippen LogP contribution in [0.3, 0.4) is 0 Å². The van der Waals surface area contributed by atoms with Gasteiger partial charge < -0.3 is 9.84 Å². The fourth-order valence-corrected chi connectivity index (χ4v) is 5.02. The van der Waals surface area contributed by atoms with Gasteiger partial charge in [-0.2, -0.15) is 0 Å². The Labute approximate surface area is 215 Å². The standard InChI is InChI=1S/C34H25FO2/c35-30-17-9-6-14-27(30)22-37-31-21-25-13-5-8-16-29(25)33(34(31)36)32-26(20-23-10-2-1-3-11-23)19-18-24-12-4-7-15-28(24)32/h1-19,21,36H,20,22H2. The minimum Gasteiger partial charge on any atom is -0.504 e. The molecule has 0 amide bonds. The Morgan fingerprint density at radius 3 is 2.03 bits per heavy atom. The predicted octanol–water partition coefficient (Wildman–Crippen LogP) is 8.67. The third-order valence-corrected chi connectivity index (χ3v) is 6.83. The molecule has 37 heavy (non-hydrogen) atoms. The Balaban J connectivity index is 1.57. The molecule has 0 unspecified atom stereocenters. The van der Waals surface area contributed by atoms with Crippen LogP contribution in [0.2, 0.25) is 0 Å². The summed E-state index contributed by atoms with van der Waals surface area (Å²) in [5.74, 6) is 0.0541. The number of rotatable bonds is 6. The van der Waals surface area contributed by atoms with Crippen molar-refractivity contribution in [3.05, 3.63) is 144 Å². The molecular formula is C34H25FO2. The number of benzene rings is 6. The summed E-state index contributed by atoms with van der Waals surface area (Å²) in [6.07, 6.45) is 0.717. The molecule has 0 bridgehead atoms. The molecule has 0 fully saturated rings. The third-order valence-electron chi connectivity index (χ3n) is 6.83. The molecule has 6 aromatic carbocycles. The summed E-state index contributed by atoms with van der Waals surface area (Å²) in [6.45, 7) is 0.0183. The highest BCUT2D eigenvalue weighted by atomic mass is 19.1. The summed E-state index contributed by atoms with van der Waals surface area (Å²) < 4.78 is 20.3. The monoisotopic (exact) mass is 484 g/mol. The SMILES string of the molecule is Oc1c(OCc2ccccc2F)cc2ccccc2c1-c1c(Cc2ccccc2)ccc2ccccc12. The van der Waals surface area contributed by atoms with Crippen LogP contribution in [0.1, 0.15) is 16.7 Å². The predicted molar refractivity (Wildman–Crippen MR) is 149 cm³/mol. The molecule has 180 valence electrons. The van der Waals surface area contributed by atoms with E-state index in [4.69, 9.17) is 4.74 Å². The van der Waals surface area contributed by atoms with E-state index in [0.717, 1.165) is 44.7 Å². The van der Waals surface area contributed by atoms with Crippen LogP contribution >= 0.6 is 0 Å². The van der Waals surface area contributed by atoms with Crippen molar-refractivity contribution in [3.63, 3.8) is 0 Å². The van der Waals surface area contributed by atoms with Crippen LogP contribution < -0.4 is 4.74 Å². The second kappa shape index (κ2) is 9.79. The highest BCUT2D eigenvalue weighted by Gasteiger charge is 2.21. The number of fused-ring (bicyclic) bond motifs is 2. The molecule has 0 aliphatic carbocycles. The fraction of sp³-hybridized carbons (Fsp3) is 0.0588. The van der Waals surface area contributed by atoms with Crippen molar-refractivity contribution in [3.8, 4) is 22.6 Å². The van der Waals surface area contributed by atoms with Gasteiger partial charge in [-0.25, -0.2) is 4.39 Å². The van der Waals surface area contributed by atoms with Crippen molar-refractivity contribution in [1.29, 1.82) is 0 Å². The lowest BCUT2D eigenvalue weighted by Gasteiger charge is -2.19. The first kappa shape index (κ1) is 22.8. The second-order valence-electron chi connectivity index (χ2n) is 9.18. The van der Waals surface area contributed by atoms with Crippen LogP contribution in [0.15, 0.2) is 121 Å². The first-order valence-corrected chi connectivity index (χ1v) is 12.3. The highest BCUT2D eigenvalue weighted by Crippen LogP contribution is 2.47. The fourth-order valence-electron chi connectivity index (χ4n) is 5.02. The molecule has 6 aromatic rings. The van der Waals surface area contributed by atoms with Gasteiger partial charge in [0, 0.05) is 11.1 Å². The topological polar surface area (TPSA) is 29.5 Å². The number of hydrogen-bond acceptors (Lipinski definition) is 2. The van der Waals surface area contributed by atoms with Gasteiger partial charge in [-0.05, 0) is 56.8 Å². The molecule has 0 spiro atoms. The summed E-state index contributed by atoms with van der Waals surface area (Å²) in [7, 11) is 0. The van der Waals surface area contributed by atoms with E-state index in [1.807, 2.05) is 60.7 Å². The minimum atomic E-state index is -0.331. The van der Waals surface area contributed by atoms with Gasteiger partial charge in [0.15, 0.2) is 11.5 Å². The first-order valence-electron chi connectivity index (χ1n) is 12.3. The Morgan fingerprint density at radius 2 is 1.24 bits per heavy atom. The first-order chi connectivity index (χ1) is 18.2. The summed E-state index contributed by atoms with van der Waals surface area (Å²) in [6, 6.07) is 39.2. The maximum absolute atomic E-state index is 14.3. The number of phenols is 1. The van der Waals surface area contributed by atoms with Crippen LogP contribution in [0.5, 0.6) is 11.5 Å². The van der Waals surface area contributed by atoms with E-state index >= 15 is 0 Å². The molecule has 0 aliphatic rings. The van der Waals surface area contributed by atoms with Crippen molar-refractivity contribution < 1.29 is 14.2 Å². The maximum atomic E-state index is 14.3. The van der Waals surface area contributed by atoms with E-state index in [-0.39, 0.29) is 18.2 Å². The average molecular weight is 485 g/mol. The van der Waals surface area contributed by atoms with Crippen LogP contribution in [-0.2, 0) is 13.0 Å². The number of hydrogen-bond donors (Lipinski definition) is 1. The van der Waals surface area contributed by atoms with Crippen molar-refractivity contribution in [1.82, 2.24) is 0 Å². The van der Waals surface area contributed by atoms with Crippen molar-refractivity contribution >= 4 is 21.5 Å². The molecule has 0 saturated carbocycles. The molecule has 0 atom stereocenters. The van der Waals surface area contributed by atoms with E-state index in [9.17, 15) is 9.50 Å². The molecule has 1 N–H and O–H groups in total. The second-order valence-corrected chi connectivity index (χ2v) is 9.18. The van der Waals surface area contributed by atoms with E-state index < -0.39 is 0 Å². The molecule has 0 saturated heterocycles. The van der Waals surface area contributed by atoms with E-state index in [1.54, 1.807) is 18.2 Å². The molecular weight excluding hydrogens is 459 g/mol. The van der Waals surface area contributed by atoms with E-state index in [0.29, 0.717) is 11.3 Å². The van der Waals surface area contributed by atoms with Gasteiger partial charge in [0.2, 0.25) is 0 Å². The summed E-state index contributed by atoms with van der Waals surface area (Å²) in [4.78, 5) is 0. The van der Waals surface area contributed by atoms with E-state index in [2.05, 4.69) is 36.4 Å².